The second kappa shape index (κ2) is 7.33. The first-order valence-electron chi connectivity index (χ1n) is 8.71. The number of piperidine rings is 1. The predicted molar refractivity (Wildman–Crippen MR) is 101 cm³/mol. The van der Waals surface area contributed by atoms with Crippen LogP contribution in [0.3, 0.4) is 0 Å². The largest absolute Gasteiger partial charge is 0.375 e. The number of nitrogens with one attached hydrogen (secondary N) is 1. The van der Waals surface area contributed by atoms with Crippen molar-refractivity contribution in [2.75, 3.05) is 37.0 Å². The second-order valence-electron chi connectivity index (χ2n) is 6.62. The highest BCUT2D eigenvalue weighted by molar-refractivity contribution is 5.99. The van der Waals surface area contributed by atoms with Gasteiger partial charge in [-0.3, -0.25) is 14.4 Å². The maximum atomic E-state index is 12.2. The van der Waals surface area contributed by atoms with Crippen molar-refractivity contribution in [2.24, 2.45) is 14.1 Å². The van der Waals surface area contributed by atoms with Crippen molar-refractivity contribution in [1.29, 1.82) is 0 Å². The van der Waals surface area contributed by atoms with E-state index in [1.54, 1.807) is 20.2 Å². The Balaban J connectivity index is 2.22. The molecule has 2 heterocycles. The Kier molecular flexibility index (Phi) is 5.13. The lowest BCUT2D eigenvalue weighted by Crippen LogP contribution is -2.39. The van der Waals surface area contributed by atoms with Gasteiger partial charge in [0.05, 0.1) is 22.4 Å². The molecular weight excluding hydrogens is 336 g/mol. The number of hydrogen-bond donors (Lipinski definition) is 1. The van der Waals surface area contributed by atoms with E-state index in [-0.39, 0.29) is 12.5 Å². The fourth-order valence-corrected chi connectivity index (χ4v) is 3.42. The molecule has 1 aromatic heterocycles. The van der Waals surface area contributed by atoms with E-state index in [2.05, 4.69) is 10.2 Å². The molecule has 0 radical (unpaired) electrons. The van der Waals surface area contributed by atoms with Crippen LogP contribution in [0.1, 0.15) is 19.3 Å². The number of hydrogen-bond acceptors (Lipinski definition) is 5. The van der Waals surface area contributed by atoms with Crippen LogP contribution in [0.25, 0.3) is 11.0 Å². The lowest BCUT2D eigenvalue weighted by atomic mass is 10.1. The van der Waals surface area contributed by atoms with Crippen molar-refractivity contribution >= 4 is 28.3 Å². The number of ether oxygens (including phenoxy) is 1. The smallest absolute Gasteiger partial charge is 0.316 e. The maximum absolute atomic E-state index is 12.2. The van der Waals surface area contributed by atoms with E-state index in [9.17, 15) is 14.4 Å². The number of benzene rings is 1. The molecule has 26 heavy (non-hydrogen) atoms. The summed E-state index contributed by atoms with van der Waals surface area (Å²) >= 11 is 0. The van der Waals surface area contributed by atoms with Crippen molar-refractivity contribution in [3.8, 4) is 0 Å². The van der Waals surface area contributed by atoms with Crippen molar-refractivity contribution in [3.63, 3.8) is 0 Å². The molecule has 0 atom stereocenters. The summed E-state index contributed by atoms with van der Waals surface area (Å²) in [5.41, 5.74) is 1.55. The molecule has 0 saturated carbocycles. The predicted octanol–water partition coefficient (Wildman–Crippen LogP) is 0.812. The minimum Gasteiger partial charge on any atom is -0.375 e. The first-order valence-corrected chi connectivity index (χ1v) is 8.71. The molecule has 1 aliphatic rings. The number of rotatable bonds is 4. The number of methoxy groups -OCH3 is 1. The monoisotopic (exact) mass is 360 g/mol. The number of anilines is 2. The van der Waals surface area contributed by atoms with E-state index in [0.717, 1.165) is 31.6 Å². The summed E-state index contributed by atoms with van der Waals surface area (Å²) < 4.78 is 7.59. The van der Waals surface area contributed by atoms with Gasteiger partial charge < -0.3 is 24.1 Å². The number of carbonyl (C=O) groups is 1. The van der Waals surface area contributed by atoms with Gasteiger partial charge in [-0.05, 0) is 31.4 Å². The molecule has 0 unspecified atom stereocenters. The summed E-state index contributed by atoms with van der Waals surface area (Å²) in [5.74, 6) is -0.264. The maximum Gasteiger partial charge on any atom is 0.316 e. The minimum atomic E-state index is -0.597. The Bertz CT molecular complexity index is 954. The molecule has 1 amide bonds. The third kappa shape index (κ3) is 3.24. The summed E-state index contributed by atoms with van der Waals surface area (Å²) in [7, 11) is 4.62. The summed E-state index contributed by atoms with van der Waals surface area (Å²) in [4.78, 5) is 38.6. The van der Waals surface area contributed by atoms with Crippen LogP contribution in [0.4, 0.5) is 11.4 Å². The Hall–Kier alpha value is -2.61. The summed E-state index contributed by atoms with van der Waals surface area (Å²) in [6.45, 7) is 1.72. The highest BCUT2D eigenvalue weighted by Gasteiger charge is 2.19. The van der Waals surface area contributed by atoms with Crippen molar-refractivity contribution in [3.05, 3.63) is 32.8 Å². The van der Waals surface area contributed by atoms with Crippen molar-refractivity contribution in [1.82, 2.24) is 9.13 Å². The van der Waals surface area contributed by atoms with Crippen LogP contribution in [0, 0.1) is 0 Å². The number of aromatic nitrogens is 2. The van der Waals surface area contributed by atoms with E-state index < -0.39 is 11.1 Å². The Morgan fingerprint density at radius 3 is 2.19 bits per heavy atom. The third-order valence-corrected chi connectivity index (χ3v) is 4.85. The van der Waals surface area contributed by atoms with Gasteiger partial charge in [-0.15, -0.1) is 0 Å². The Labute approximate surface area is 151 Å². The number of carbonyl (C=O) groups excluding carboxylic acids is 1. The van der Waals surface area contributed by atoms with E-state index in [0.29, 0.717) is 16.7 Å². The zero-order valence-electron chi connectivity index (χ0n) is 15.4. The van der Waals surface area contributed by atoms with Gasteiger partial charge in [0.2, 0.25) is 5.91 Å². The fourth-order valence-electron chi connectivity index (χ4n) is 3.42. The molecular formula is C18H24N4O4. The van der Waals surface area contributed by atoms with Gasteiger partial charge in [-0.25, -0.2) is 0 Å². The molecule has 1 aliphatic heterocycles. The lowest BCUT2D eigenvalue weighted by Gasteiger charge is -2.31. The van der Waals surface area contributed by atoms with Crippen molar-refractivity contribution < 1.29 is 9.53 Å². The van der Waals surface area contributed by atoms with Gasteiger partial charge in [0.25, 0.3) is 0 Å². The molecule has 1 N–H and O–H groups in total. The number of aryl methyl sites for hydroxylation is 2. The molecule has 1 saturated heterocycles. The molecule has 0 aliphatic carbocycles. The van der Waals surface area contributed by atoms with Gasteiger partial charge >= 0.3 is 11.1 Å². The third-order valence-electron chi connectivity index (χ3n) is 4.85. The van der Waals surface area contributed by atoms with Crippen LogP contribution in [0.2, 0.25) is 0 Å². The summed E-state index contributed by atoms with van der Waals surface area (Å²) in [5, 5.41) is 2.87. The summed E-state index contributed by atoms with van der Waals surface area (Å²) in [6, 6.07) is 3.64. The van der Waals surface area contributed by atoms with Crippen LogP contribution in [-0.2, 0) is 23.6 Å². The normalized spacial score (nSPS) is 14.7. The quantitative estimate of drug-likeness (QED) is 0.816. The van der Waals surface area contributed by atoms with Crippen LogP contribution in [-0.4, -0.2) is 41.8 Å². The molecule has 3 rings (SSSR count). The Morgan fingerprint density at radius 2 is 1.62 bits per heavy atom. The molecule has 140 valence electrons. The SMILES string of the molecule is COCC(=O)Nc1cc2c(cc1N1CCCCC1)n(C)c(=O)c(=O)n2C. The molecule has 0 bridgehead atoms. The van der Waals surface area contributed by atoms with Crippen LogP contribution in [0.5, 0.6) is 0 Å². The second-order valence-corrected chi connectivity index (χ2v) is 6.62. The first-order chi connectivity index (χ1) is 12.4. The van der Waals surface area contributed by atoms with Gasteiger partial charge in [0.1, 0.15) is 6.61 Å². The van der Waals surface area contributed by atoms with Gasteiger partial charge in [0.15, 0.2) is 0 Å². The fraction of sp³-hybridized carbons (Fsp3) is 0.500. The average Bonchev–Trinajstić information content (AvgIpc) is 2.65. The van der Waals surface area contributed by atoms with E-state index in [4.69, 9.17) is 4.74 Å². The topological polar surface area (TPSA) is 85.6 Å². The number of amides is 1. The van der Waals surface area contributed by atoms with Crippen LogP contribution < -0.4 is 21.3 Å². The van der Waals surface area contributed by atoms with Crippen LogP contribution >= 0.6 is 0 Å². The first kappa shape index (κ1) is 18.2. The summed E-state index contributed by atoms with van der Waals surface area (Å²) in [6.07, 6.45) is 3.34. The Morgan fingerprint density at radius 1 is 1.04 bits per heavy atom. The average molecular weight is 360 g/mol. The minimum absolute atomic E-state index is 0.0519. The van der Waals surface area contributed by atoms with Gasteiger partial charge in [-0.2, -0.15) is 0 Å². The van der Waals surface area contributed by atoms with Gasteiger partial charge in [0, 0.05) is 34.3 Å². The zero-order chi connectivity index (χ0) is 18.8. The van der Waals surface area contributed by atoms with E-state index in [1.807, 2.05) is 6.07 Å². The molecule has 0 spiro atoms. The molecule has 2 aromatic rings. The van der Waals surface area contributed by atoms with Gasteiger partial charge in [-0.1, -0.05) is 0 Å². The standard InChI is InChI=1S/C18H24N4O4/c1-20-14-9-12(19-16(23)11-26-3)13(22-7-5-4-6-8-22)10-15(14)21(2)18(25)17(20)24/h9-10H,4-8,11H2,1-3H3,(H,19,23). The highest BCUT2D eigenvalue weighted by Crippen LogP contribution is 2.32. The number of fused-ring (bicyclic) bond motifs is 1. The molecule has 1 aromatic carbocycles. The molecule has 1 fully saturated rings. The zero-order valence-corrected chi connectivity index (χ0v) is 15.4. The van der Waals surface area contributed by atoms with E-state index >= 15 is 0 Å². The van der Waals surface area contributed by atoms with Crippen LogP contribution in [0.15, 0.2) is 21.7 Å². The van der Waals surface area contributed by atoms with E-state index in [1.165, 1.54) is 22.7 Å². The number of nitrogens with zero attached hydrogens (tertiary/aromatic N) is 3. The van der Waals surface area contributed by atoms with Crippen molar-refractivity contribution in [2.45, 2.75) is 19.3 Å². The molecule has 8 heteroatoms. The highest BCUT2D eigenvalue weighted by atomic mass is 16.5. The molecule has 8 nitrogen and oxygen atoms in total. The lowest BCUT2D eigenvalue weighted by molar-refractivity contribution is -0.119.